The number of para-hydroxylation sites is 1. The monoisotopic (exact) mass is 418 g/mol. The molecule has 0 atom stereocenters. The van der Waals surface area contributed by atoms with Gasteiger partial charge in [-0.3, -0.25) is 4.79 Å². The van der Waals surface area contributed by atoms with Gasteiger partial charge in [-0.1, -0.05) is 12.1 Å². The number of benzene rings is 2. The first-order chi connectivity index (χ1) is 14.7. The highest BCUT2D eigenvalue weighted by Gasteiger charge is 2.13. The largest absolute Gasteiger partial charge is 0.497 e. The lowest BCUT2D eigenvalue weighted by molar-refractivity contribution is -0.120. The highest BCUT2D eigenvalue weighted by atomic mass is 32.1. The predicted molar refractivity (Wildman–Crippen MR) is 116 cm³/mol. The summed E-state index contributed by atoms with van der Waals surface area (Å²) in [6.45, 7) is 0.313. The molecule has 0 radical (unpaired) electrons. The molecule has 150 valence electrons. The normalized spacial score (nSPS) is 11.2. The molecule has 1 amide bonds. The summed E-state index contributed by atoms with van der Waals surface area (Å²) in [6, 6.07) is 17.3. The Morgan fingerprint density at radius 2 is 2.07 bits per heavy atom. The van der Waals surface area contributed by atoms with E-state index in [1.165, 1.54) is 0 Å². The molecule has 1 N–H and O–H groups in total. The third-order valence-corrected chi connectivity index (χ3v) is 5.89. The number of amides is 1. The molecule has 3 heterocycles. The first-order valence-electron chi connectivity index (χ1n) is 9.45. The molecule has 0 saturated carbocycles. The summed E-state index contributed by atoms with van der Waals surface area (Å²) >= 11 is 1.58. The van der Waals surface area contributed by atoms with Crippen molar-refractivity contribution in [2.75, 3.05) is 7.11 Å². The smallest absolute Gasteiger partial charge is 0.224 e. The lowest BCUT2D eigenvalue weighted by atomic mass is 10.1. The Hall–Kier alpha value is -3.58. The second-order valence-corrected chi connectivity index (χ2v) is 7.86. The summed E-state index contributed by atoms with van der Waals surface area (Å²) in [7, 11) is 1.61. The maximum atomic E-state index is 12.4. The van der Waals surface area contributed by atoms with E-state index in [4.69, 9.17) is 13.6 Å². The van der Waals surface area contributed by atoms with Crippen LogP contribution >= 0.6 is 11.3 Å². The zero-order chi connectivity index (χ0) is 20.5. The molecule has 30 heavy (non-hydrogen) atoms. The van der Waals surface area contributed by atoms with Crippen LogP contribution in [0.15, 0.2) is 69.7 Å². The number of aromatic nitrogens is 1. The summed E-state index contributed by atoms with van der Waals surface area (Å²) < 4.78 is 17.7. The average Bonchev–Trinajstić information content (AvgIpc) is 3.50. The quantitative estimate of drug-likeness (QED) is 0.412. The minimum atomic E-state index is -0.105. The molecule has 0 spiro atoms. The maximum Gasteiger partial charge on any atom is 0.224 e. The molecule has 5 rings (SSSR count). The molecule has 3 aromatic heterocycles. The number of carbonyl (C=O) groups excluding carboxylic acids is 1. The lowest BCUT2D eigenvalue weighted by Gasteiger charge is -2.03. The number of thiazole rings is 1. The topological polar surface area (TPSA) is 77.5 Å². The third-order valence-electron chi connectivity index (χ3n) is 4.84. The Kier molecular flexibility index (Phi) is 4.72. The highest BCUT2D eigenvalue weighted by molar-refractivity contribution is 7.21. The Balaban J connectivity index is 1.24. The van der Waals surface area contributed by atoms with Gasteiger partial charge >= 0.3 is 0 Å². The Labute approximate surface area is 176 Å². The van der Waals surface area contributed by atoms with E-state index in [1.54, 1.807) is 24.7 Å². The number of furan rings is 2. The van der Waals surface area contributed by atoms with Crippen molar-refractivity contribution >= 4 is 38.4 Å². The van der Waals surface area contributed by atoms with Gasteiger partial charge in [-0.25, -0.2) is 4.98 Å². The fourth-order valence-corrected chi connectivity index (χ4v) is 4.24. The van der Waals surface area contributed by atoms with Crippen LogP contribution in [0.2, 0.25) is 0 Å². The Morgan fingerprint density at radius 3 is 2.93 bits per heavy atom. The van der Waals surface area contributed by atoms with Gasteiger partial charge in [-0.05, 0) is 36.4 Å². The molecule has 0 unspecified atom stereocenters. The molecule has 0 aliphatic rings. The SMILES string of the molecule is COc1ccc2c(CC(=O)NCc3ccc(-c4nc5ccccc5s4)o3)coc2c1. The molecular weight excluding hydrogens is 400 g/mol. The van der Waals surface area contributed by atoms with Gasteiger partial charge in [-0.2, -0.15) is 0 Å². The van der Waals surface area contributed by atoms with E-state index in [0.717, 1.165) is 31.9 Å². The van der Waals surface area contributed by atoms with Crippen LogP contribution in [0.5, 0.6) is 5.75 Å². The fourth-order valence-electron chi connectivity index (χ4n) is 3.31. The van der Waals surface area contributed by atoms with Crippen LogP contribution in [0.3, 0.4) is 0 Å². The predicted octanol–water partition coefficient (Wildman–Crippen LogP) is 5.17. The van der Waals surface area contributed by atoms with Crippen LogP contribution in [-0.4, -0.2) is 18.0 Å². The minimum absolute atomic E-state index is 0.105. The van der Waals surface area contributed by atoms with Crippen LogP contribution < -0.4 is 10.1 Å². The molecule has 0 bridgehead atoms. The Bertz CT molecular complexity index is 1310. The standard InChI is InChI=1S/C23H18N2O4S/c1-27-15-6-8-17-14(13-28-20(17)11-15)10-22(26)24-12-16-7-9-19(29-16)23-25-18-4-2-3-5-21(18)30-23/h2-9,11,13H,10,12H2,1H3,(H,24,26). The number of ether oxygens (including phenoxy) is 1. The van der Waals surface area contributed by atoms with Gasteiger partial charge < -0.3 is 18.9 Å². The molecule has 0 saturated heterocycles. The van der Waals surface area contributed by atoms with Gasteiger partial charge in [0.15, 0.2) is 10.8 Å². The first kappa shape index (κ1) is 18.4. The van der Waals surface area contributed by atoms with Gasteiger partial charge in [0.25, 0.3) is 0 Å². The lowest BCUT2D eigenvalue weighted by Crippen LogP contribution is -2.24. The molecule has 0 fully saturated rings. The number of carbonyl (C=O) groups is 1. The van der Waals surface area contributed by atoms with E-state index in [2.05, 4.69) is 10.3 Å². The van der Waals surface area contributed by atoms with Crippen molar-refractivity contribution in [2.45, 2.75) is 13.0 Å². The van der Waals surface area contributed by atoms with Crippen molar-refractivity contribution in [3.05, 3.63) is 72.2 Å². The van der Waals surface area contributed by atoms with Gasteiger partial charge in [0.05, 0.1) is 36.6 Å². The number of methoxy groups -OCH3 is 1. The Morgan fingerprint density at radius 1 is 1.17 bits per heavy atom. The molecule has 6 nitrogen and oxygen atoms in total. The second-order valence-electron chi connectivity index (χ2n) is 6.83. The van der Waals surface area contributed by atoms with Crippen LogP contribution in [0.4, 0.5) is 0 Å². The molecule has 2 aromatic carbocycles. The van der Waals surface area contributed by atoms with Crippen molar-refractivity contribution in [3.8, 4) is 16.5 Å². The van der Waals surface area contributed by atoms with Crippen molar-refractivity contribution < 1.29 is 18.4 Å². The molecule has 5 aromatic rings. The molecule has 0 aliphatic heterocycles. The second kappa shape index (κ2) is 7.68. The summed E-state index contributed by atoms with van der Waals surface area (Å²) in [5, 5.41) is 4.63. The third kappa shape index (κ3) is 3.55. The molecule has 7 heteroatoms. The zero-order valence-electron chi connectivity index (χ0n) is 16.2. The van der Waals surface area contributed by atoms with Crippen molar-refractivity contribution in [1.82, 2.24) is 10.3 Å². The fraction of sp³-hybridized carbons (Fsp3) is 0.130. The summed E-state index contributed by atoms with van der Waals surface area (Å²) in [5.41, 5.74) is 2.48. The van der Waals surface area contributed by atoms with E-state index >= 15 is 0 Å². The number of rotatable bonds is 6. The van der Waals surface area contributed by atoms with Crippen molar-refractivity contribution in [1.29, 1.82) is 0 Å². The average molecular weight is 418 g/mol. The van der Waals surface area contributed by atoms with Crippen LogP contribution in [0, 0.1) is 0 Å². The van der Waals surface area contributed by atoms with Gasteiger partial charge in [0.1, 0.15) is 17.1 Å². The number of hydrogen-bond acceptors (Lipinski definition) is 6. The van der Waals surface area contributed by atoms with E-state index in [1.807, 2.05) is 54.6 Å². The molecular formula is C23H18N2O4S. The van der Waals surface area contributed by atoms with Crippen LogP contribution in [-0.2, 0) is 17.8 Å². The van der Waals surface area contributed by atoms with E-state index in [-0.39, 0.29) is 12.3 Å². The van der Waals surface area contributed by atoms with Crippen LogP contribution in [0.25, 0.3) is 32.0 Å². The number of nitrogens with one attached hydrogen (secondary N) is 1. The number of hydrogen-bond donors (Lipinski definition) is 1. The maximum absolute atomic E-state index is 12.4. The van der Waals surface area contributed by atoms with Gasteiger partial charge in [0, 0.05) is 17.0 Å². The van der Waals surface area contributed by atoms with E-state index in [9.17, 15) is 4.79 Å². The van der Waals surface area contributed by atoms with Gasteiger partial charge in [0.2, 0.25) is 5.91 Å². The van der Waals surface area contributed by atoms with E-state index < -0.39 is 0 Å². The number of nitrogens with zero attached hydrogens (tertiary/aromatic N) is 1. The summed E-state index contributed by atoms with van der Waals surface area (Å²) in [4.78, 5) is 17.0. The van der Waals surface area contributed by atoms with Crippen molar-refractivity contribution in [3.63, 3.8) is 0 Å². The first-order valence-corrected chi connectivity index (χ1v) is 10.3. The van der Waals surface area contributed by atoms with Crippen LogP contribution in [0.1, 0.15) is 11.3 Å². The zero-order valence-corrected chi connectivity index (χ0v) is 17.0. The highest BCUT2D eigenvalue weighted by Crippen LogP contribution is 2.31. The summed E-state index contributed by atoms with van der Waals surface area (Å²) in [5.74, 6) is 2.00. The van der Waals surface area contributed by atoms with E-state index in [0.29, 0.717) is 23.6 Å². The van der Waals surface area contributed by atoms with Crippen molar-refractivity contribution in [2.24, 2.45) is 0 Å². The summed E-state index contributed by atoms with van der Waals surface area (Å²) in [6.07, 6.45) is 1.84. The molecule has 0 aliphatic carbocycles. The minimum Gasteiger partial charge on any atom is -0.497 e. The van der Waals surface area contributed by atoms with Gasteiger partial charge in [-0.15, -0.1) is 11.3 Å². The number of fused-ring (bicyclic) bond motifs is 2.